The van der Waals surface area contributed by atoms with Crippen molar-refractivity contribution in [3.63, 3.8) is 0 Å². The molecule has 0 saturated heterocycles. The monoisotopic (exact) mass is 432 g/mol. The SMILES string of the molecule is CNC(=O)c1cc(S(=O)(=O)Nc2nnc(SCC(=O)OC)s2)ccc1OC. The van der Waals surface area contributed by atoms with E-state index in [4.69, 9.17) is 4.74 Å². The highest BCUT2D eigenvalue weighted by atomic mass is 32.2. The number of hydrogen-bond acceptors (Lipinski definition) is 10. The van der Waals surface area contributed by atoms with Crippen LogP contribution in [0.25, 0.3) is 0 Å². The summed E-state index contributed by atoms with van der Waals surface area (Å²) >= 11 is 2.04. The minimum atomic E-state index is -4.00. The summed E-state index contributed by atoms with van der Waals surface area (Å²) in [6.45, 7) is 0. The highest BCUT2D eigenvalue weighted by Gasteiger charge is 2.21. The molecule has 1 heterocycles. The van der Waals surface area contributed by atoms with E-state index in [1.54, 1.807) is 0 Å². The smallest absolute Gasteiger partial charge is 0.316 e. The van der Waals surface area contributed by atoms with Gasteiger partial charge in [-0.1, -0.05) is 23.1 Å². The van der Waals surface area contributed by atoms with Crippen LogP contribution in [0.1, 0.15) is 10.4 Å². The van der Waals surface area contributed by atoms with Gasteiger partial charge in [0, 0.05) is 7.05 Å². The minimum Gasteiger partial charge on any atom is -0.496 e. The van der Waals surface area contributed by atoms with Gasteiger partial charge in [-0.3, -0.25) is 14.3 Å². The molecule has 0 aliphatic carbocycles. The number of nitrogens with one attached hydrogen (secondary N) is 2. The Hall–Kier alpha value is -2.38. The van der Waals surface area contributed by atoms with Crippen LogP contribution in [0.15, 0.2) is 27.4 Å². The van der Waals surface area contributed by atoms with Crippen molar-refractivity contribution >= 4 is 50.1 Å². The third-order valence-corrected chi connectivity index (χ3v) is 6.53. The van der Waals surface area contributed by atoms with E-state index in [2.05, 4.69) is 25.0 Å². The molecule has 1 aromatic heterocycles. The van der Waals surface area contributed by atoms with Gasteiger partial charge in [-0.05, 0) is 18.2 Å². The second-order valence-electron chi connectivity index (χ2n) is 4.78. The molecule has 1 aromatic carbocycles. The summed E-state index contributed by atoms with van der Waals surface area (Å²) in [5.41, 5.74) is 0.0782. The maximum atomic E-state index is 12.6. The van der Waals surface area contributed by atoms with E-state index in [0.717, 1.165) is 23.1 Å². The standard InChI is InChI=1S/C14H16N4O6S3/c1-15-12(20)9-6-8(4-5-10(9)23-2)27(21,22)18-13-16-17-14(26-13)25-7-11(19)24-3/h4-6H,7H2,1-3H3,(H,15,20)(H,16,18). The van der Waals surface area contributed by atoms with Crippen molar-refractivity contribution in [1.29, 1.82) is 0 Å². The summed E-state index contributed by atoms with van der Waals surface area (Å²) in [5, 5.41) is 9.99. The average molecular weight is 433 g/mol. The minimum absolute atomic E-state index is 0.0275. The third-order valence-electron chi connectivity index (χ3n) is 3.12. The molecule has 2 rings (SSSR count). The molecule has 2 N–H and O–H groups in total. The maximum Gasteiger partial charge on any atom is 0.316 e. The molecule has 0 bridgehead atoms. The van der Waals surface area contributed by atoms with Crippen molar-refractivity contribution in [1.82, 2.24) is 15.5 Å². The van der Waals surface area contributed by atoms with Crippen molar-refractivity contribution in [2.24, 2.45) is 0 Å². The molecule has 13 heteroatoms. The van der Waals surface area contributed by atoms with Gasteiger partial charge in [-0.2, -0.15) is 0 Å². The third kappa shape index (κ3) is 5.30. The van der Waals surface area contributed by atoms with Crippen LogP contribution < -0.4 is 14.8 Å². The number of carbonyl (C=O) groups is 2. The van der Waals surface area contributed by atoms with Crippen molar-refractivity contribution in [2.45, 2.75) is 9.24 Å². The zero-order valence-electron chi connectivity index (χ0n) is 14.5. The predicted octanol–water partition coefficient (Wildman–Crippen LogP) is 0.972. The molecule has 146 valence electrons. The summed E-state index contributed by atoms with van der Waals surface area (Å²) in [5.74, 6) is -0.643. The van der Waals surface area contributed by atoms with E-state index >= 15 is 0 Å². The summed E-state index contributed by atoms with van der Waals surface area (Å²) in [6.07, 6.45) is 0. The topological polar surface area (TPSA) is 137 Å². The summed E-state index contributed by atoms with van der Waals surface area (Å²) in [4.78, 5) is 22.9. The normalized spacial score (nSPS) is 10.9. The maximum absolute atomic E-state index is 12.6. The Morgan fingerprint density at radius 1 is 1.26 bits per heavy atom. The Bertz CT molecular complexity index is 944. The van der Waals surface area contributed by atoms with Crippen molar-refractivity contribution < 1.29 is 27.5 Å². The Morgan fingerprint density at radius 3 is 2.63 bits per heavy atom. The molecule has 0 saturated carbocycles. The van der Waals surface area contributed by atoms with Gasteiger partial charge < -0.3 is 14.8 Å². The number of thioether (sulfide) groups is 1. The van der Waals surface area contributed by atoms with E-state index in [9.17, 15) is 18.0 Å². The molecule has 1 amide bonds. The molecular formula is C14H16N4O6S3. The molecule has 0 radical (unpaired) electrons. The van der Waals surface area contributed by atoms with Gasteiger partial charge in [-0.15, -0.1) is 10.2 Å². The van der Waals surface area contributed by atoms with E-state index < -0.39 is 21.9 Å². The molecule has 27 heavy (non-hydrogen) atoms. The fourth-order valence-corrected chi connectivity index (χ4v) is 4.67. The van der Waals surface area contributed by atoms with Gasteiger partial charge in [0.15, 0.2) is 4.34 Å². The predicted molar refractivity (Wildman–Crippen MR) is 99.8 cm³/mol. The van der Waals surface area contributed by atoms with Crippen molar-refractivity contribution in [2.75, 3.05) is 31.7 Å². The lowest BCUT2D eigenvalue weighted by Crippen LogP contribution is -2.20. The number of aromatic nitrogens is 2. The first-order valence-electron chi connectivity index (χ1n) is 7.26. The number of hydrogen-bond donors (Lipinski definition) is 2. The number of amides is 1. The van der Waals surface area contributed by atoms with Crippen LogP contribution in [0, 0.1) is 0 Å². The fraction of sp³-hybridized carbons (Fsp3) is 0.286. The number of ether oxygens (including phenoxy) is 2. The zero-order chi connectivity index (χ0) is 20.0. The number of carbonyl (C=O) groups excluding carboxylic acids is 2. The zero-order valence-corrected chi connectivity index (χ0v) is 17.0. The van der Waals surface area contributed by atoms with Crippen LogP contribution in [0.2, 0.25) is 0 Å². The van der Waals surface area contributed by atoms with Crippen LogP contribution >= 0.6 is 23.1 Å². The van der Waals surface area contributed by atoms with E-state index in [-0.39, 0.29) is 27.1 Å². The van der Waals surface area contributed by atoms with Crippen molar-refractivity contribution in [3.8, 4) is 5.75 Å². The van der Waals surface area contributed by atoms with Gasteiger partial charge in [-0.25, -0.2) is 8.42 Å². The molecular weight excluding hydrogens is 416 g/mol. The van der Waals surface area contributed by atoms with Crippen LogP contribution in [-0.2, 0) is 19.6 Å². The fourth-order valence-electron chi connectivity index (χ4n) is 1.83. The van der Waals surface area contributed by atoms with Crippen LogP contribution in [-0.4, -0.2) is 57.5 Å². The molecule has 0 aliphatic rings. The van der Waals surface area contributed by atoms with Gasteiger partial charge in [0.05, 0.1) is 30.4 Å². The molecule has 10 nitrogen and oxygen atoms in total. The summed E-state index contributed by atoms with van der Waals surface area (Å²) in [7, 11) is 0.0691. The highest BCUT2D eigenvalue weighted by molar-refractivity contribution is 8.01. The van der Waals surface area contributed by atoms with Gasteiger partial charge in [0.2, 0.25) is 5.13 Å². The van der Waals surface area contributed by atoms with Crippen LogP contribution in [0.5, 0.6) is 5.75 Å². The number of anilines is 1. The van der Waals surface area contributed by atoms with Gasteiger partial charge in [0.1, 0.15) is 5.75 Å². The molecule has 0 atom stereocenters. The van der Waals surface area contributed by atoms with Gasteiger partial charge >= 0.3 is 5.97 Å². The Balaban J connectivity index is 2.20. The lowest BCUT2D eigenvalue weighted by molar-refractivity contribution is -0.137. The first-order valence-corrected chi connectivity index (χ1v) is 10.5. The summed E-state index contributed by atoms with van der Waals surface area (Å²) in [6, 6.07) is 3.90. The Morgan fingerprint density at radius 2 is 2.00 bits per heavy atom. The van der Waals surface area contributed by atoms with E-state index in [1.165, 1.54) is 39.5 Å². The lowest BCUT2D eigenvalue weighted by Gasteiger charge is -2.10. The van der Waals surface area contributed by atoms with E-state index in [0.29, 0.717) is 4.34 Å². The number of benzene rings is 1. The second kappa shape index (κ2) is 9.01. The van der Waals surface area contributed by atoms with Gasteiger partial charge in [0.25, 0.3) is 15.9 Å². The van der Waals surface area contributed by atoms with Crippen LogP contribution in [0.4, 0.5) is 5.13 Å². The van der Waals surface area contributed by atoms with E-state index in [1.807, 2.05) is 0 Å². The van der Waals surface area contributed by atoms with Crippen LogP contribution in [0.3, 0.4) is 0 Å². The number of rotatable bonds is 8. The second-order valence-corrected chi connectivity index (χ2v) is 8.67. The molecule has 0 aliphatic heterocycles. The largest absolute Gasteiger partial charge is 0.496 e. The lowest BCUT2D eigenvalue weighted by atomic mass is 10.2. The average Bonchev–Trinajstić information content (AvgIpc) is 3.11. The molecule has 0 unspecified atom stereocenters. The number of methoxy groups -OCH3 is 2. The Labute approximate surface area is 163 Å². The first kappa shape index (κ1) is 20.9. The number of sulfonamides is 1. The first-order chi connectivity index (χ1) is 12.8. The molecule has 2 aromatic rings. The quantitative estimate of drug-likeness (QED) is 0.462. The summed E-state index contributed by atoms with van der Waals surface area (Å²) < 4.78 is 37.4. The number of esters is 1. The highest BCUT2D eigenvalue weighted by Crippen LogP contribution is 2.28. The molecule has 0 fully saturated rings. The number of nitrogens with zero attached hydrogens (tertiary/aromatic N) is 2. The van der Waals surface area contributed by atoms with Crippen molar-refractivity contribution in [3.05, 3.63) is 23.8 Å². The molecule has 0 spiro atoms. The Kier molecular flexibility index (Phi) is 6.98.